The second kappa shape index (κ2) is 8.48. The summed E-state index contributed by atoms with van der Waals surface area (Å²) in [5.74, 6) is 0. The zero-order valence-electron chi connectivity index (χ0n) is 20.1. The molecule has 6 rings (SSSR count). The molecule has 5 aromatic rings. The van der Waals surface area contributed by atoms with Crippen molar-refractivity contribution < 1.29 is 0 Å². The molecule has 0 fully saturated rings. The summed E-state index contributed by atoms with van der Waals surface area (Å²) in [6, 6.07) is 45.2. The van der Waals surface area contributed by atoms with Crippen molar-refractivity contribution in [3.05, 3.63) is 139 Å². The van der Waals surface area contributed by atoms with Gasteiger partial charge in [-0.3, -0.25) is 0 Å². The average molecular weight is 453 g/mol. The summed E-state index contributed by atoms with van der Waals surface area (Å²) in [6.07, 6.45) is 0. The van der Waals surface area contributed by atoms with Gasteiger partial charge in [-0.1, -0.05) is 80.6 Å². The minimum Gasteiger partial charge on any atom is -0.356 e. The molecule has 2 heteroatoms. The molecule has 1 aliphatic carbocycles. The first-order valence-corrected chi connectivity index (χ1v) is 12.1. The van der Waals surface area contributed by atoms with E-state index in [2.05, 4.69) is 151 Å². The van der Waals surface area contributed by atoms with E-state index in [-0.39, 0.29) is 5.41 Å². The van der Waals surface area contributed by atoms with Gasteiger partial charge in [0.1, 0.15) is 0 Å². The van der Waals surface area contributed by atoms with Gasteiger partial charge < -0.3 is 10.2 Å². The number of nitrogens with zero attached hydrogens (tertiary/aromatic N) is 1. The van der Waals surface area contributed by atoms with Gasteiger partial charge in [-0.15, -0.1) is 0 Å². The van der Waals surface area contributed by atoms with Gasteiger partial charge in [-0.25, -0.2) is 0 Å². The first-order chi connectivity index (χ1) is 17.1. The number of nitrogens with one attached hydrogen (secondary N) is 1. The molecule has 0 spiro atoms. The number of hydrogen-bond acceptors (Lipinski definition) is 2. The lowest BCUT2D eigenvalue weighted by atomic mass is 9.82. The highest BCUT2D eigenvalue weighted by atomic mass is 15.1. The quantitative estimate of drug-likeness (QED) is 0.286. The SMILES string of the molecule is CC1(C)c2ccccc2-c2cc(Nc3ccc(N(c4ccccc4)c4ccccc4)cc3)ccc21. The fourth-order valence-electron chi connectivity index (χ4n) is 5.26. The minimum absolute atomic E-state index is 0.0322. The Balaban J connectivity index is 1.31. The Morgan fingerprint density at radius 3 is 1.66 bits per heavy atom. The van der Waals surface area contributed by atoms with Gasteiger partial charge in [0.05, 0.1) is 0 Å². The number of benzene rings is 5. The van der Waals surface area contributed by atoms with E-state index >= 15 is 0 Å². The van der Waals surface area contributed by atoms with E-state index in [9.17, 15) is 0 Å². The number of fused-ring (bicyclic) bond motifs is 3. The van der Waals surface area contributed by atoms with Crippen molar-refractivity contribution in [1.29, 1.82) is 0 Å². The predicted octanol–water partition coefficient (Wildman–Crippen LogP) is 9.21. The minimum atomic E-state index is 0.0322. The normalized spacial score (nSPS) is 13.1. The first kappa shape index (κ1) is 21.2. The Morgan fingerprint density at radius 2 is 1.00 bits per heavy atom. The third-order valence-electron chi connectivity index (χ3n) is 7.03. The van der Waals surface area contributed by atoms with Crippen molar-refractivity contribution in [1.82, 2.24) is 0 Å². The highest BCUT2D eigenvalue weighted by Gasteiger charge is 2.34. The maximum Gasteiger partial charge on any atom is 0.0463 e. The maximum atomic E-state index is 3.62. The van der Waals surface area contributed by atoms with Crippen molar-refractivity contribution in [3.8, 4) is 11.1 Å². The van der Waals surface area contributed by atoms with Crippen LogP contribution in [0.1, 0.15) is 25.0 Å². The summed E-state index contributed by atoms with van der Waals surface area (Å²) in [4.78, 5) is 2.28. The molecule has 35 heavy (non-hydrogen) atoms. The first-order valence-electron chi connectivity index (χ1n) is 12.1. The summed E-state index contributed by atoms with van der Waals surface area (Å²) in [5.41, 5.74) is 11.1. The number of para-hydroxylation sites is 2. The molecule has 2 nitrogen and oxygen atoms in total. The second-order valence-electron chi connectivity index (χ2n) is 9.61. The Hall–Kier alpha value is -4.30. The van der Waals surface area contributed by atoms with Crippen LogP contribution in [0.4, 0.5) is 28.4 Å². The molecule has 0 atom stereocenters. The van der Waals surface area contributed by atoms with Gasteiger partial charge in [0.15, 0.2) is 0 Å². The van der Waals surface area contributed by atoms with Crippen LogP contribution in [0.2, 0.25) is 0 Å². The largest absolute Gasteiger partial charge is 0.356 e. The van der Waals surface area contributed by atoms with Crippen molar-refractivity contribution in [2.24, 2.45) is 0 Å². The van der Waals surface area contributed by atoms with E-state index in [0.717, 1.165) is 28.4 Å². The Labute approximate surface area is 207 Å². The molecule has 0 radical (unpaired) electrons. The Kier molecular flexibility index (Phi) is 5.15. The van der Waals surface area contributed by atoms with Crippen LogP contribution in [0.5, 0.6) is 0 Å². The van der Waals surface area contributed by atoms with E-state index in [1.807, 2.05) is 0 Å². The molecule has 0 bridgehead atoms. The molecule has 0 unspecified atom stereocenters. The smallest absolute Gasteiger partial charge is 0.0463 e. The number of rotatable bonds is 5. The monoisotopic (exact) mass is 452 g/mol. The second-order valence-corrected chi connectivity index (χ2v) is 9.61. The van der Waals surface area contributed by atoms with Gasteiger partial charge in [0.25, 0.3) is 0 Å². The van der Waals surface area contributed by atoms with Crippen LogP contribution >= 0.6 is 0 Å². The van der Waals surface area contributed by atoms with Crippen LogP contribution in [-0.2, 0) is 5.41 Å². The van der Waals surface area contributed by atoms with Crippen LogP contribution in [-0.4, -0.2) is 0 Å². The van der Waals surface area contributed by atoms with Gasteiger partial charge in [-0.05, 0) is 82.9 Å². The summed E-state index contributed by atoms with van der Waals surface area (Å²) in [6.45, 7) is 4.63. The topological polar surface area (TPSA) is 15.3 Å². The number of hydrogen-bond donors (Lipinski definition) is 1. The molecular formula is C33H28N2. The van der Waals surface area contributed by atoms with E-state index in [0.29, 0.717) is 0 Å². The lowest BCUT2D eigenvalue weighted by Crippen LogP contribution is -2.14. The van der Waals surface area contributed by atoms with E-state index in [1.165, 1.54) is 22.3 Å². The zero-order valence-corrected chi connectivity index (χ0v) is 20.1. The molecule has 0 amide bonds. The lowest BCUT2D eigenvalue weighted by molar-refractivity contribution is 0.660. The van der Waals surface area contributed by atoms with Crippen molar-refractivity contribution in [2.45, 2.75) is 19.3 Å². The van der Waals surface area contributed by atoms with Crippen LogP contribution in [0.15, 0.2) is 127 Å². The third-order valence-corrected chi connectivity index (χ3v) is 7.03. The van der Waals surface area contributed by atoms with Crippen molar-refractivity contribution in [3.63, 3.8) is 0 Å². The molecule has 0 aromatic heterocycles. The zero-order chi connectivity index (χ0) is 23.8. The number of anilines is 5. The van der Waals surface area contributed by atoms with Gasteiger partial charge in [0, 0.05) is 33.9 Å². The van der Waals surface area contributed by atoms with Crippen LogP contribution in [0.3, 0.4) is 0 Å². The van der Waals surface area contributed by atoms with E-state index < -0.39 is 0 Å². The third kappa shape index (κ3) is 3.77. The Bertz CT molecular complexity index is 1430. The molecular weight excluding hydrogens is 424 g/mol. The molecule has 0 aliphatic heterocycles. The predicted molar refractivity (Wildman–Crippen MR) is 148 cm³/mol. The lowest BCUT2D eigenvalue weighted by Gasteiger charge is -2.25. The molecule has 0 saturated carbocycles. The molecule has 5 aromatic carbocycles. The Morgan fingerprint density at radius 1 is 0.486 bits per heavy atom. The molecule has 170 valence electrons. The van der Waals surface area contributed by atoms with Crippen LogP contribution in [0.25, 0.3) is 11.1 Å². The van der Waals surface area contributed by atoms with E-state index in [4.69, 9.17) is 0 Å². The van der Waals surface area contributed by atoms with Gasteiger partial charge in [0.2, 0.25) is 0 Å². The summed E-state index contributed by atoms with van der Waals surface area (Å²) >= 11 is 0. The summed E-state index contributed by atoms with van der Waals surface area (Å²) < 4.78 is 0. The van der Waals surface area contributed by atoms with E-state index in [1.54, 1.807) is 0 Å². The highest BCUT2D eigenvalue weighted by molar-refractivity contribution is 5.84. The maximum absolute atomic E-state index is 3.62. The summed E-state index contributed by atoms with van der Waals surface area (Å²) in [5, 5.41) is 3.62. The van der Waals surface area contributed by atoms with Crippen LogP contribution in [0, 0.1) is 0 Å². The molecule has 0 heterocycles. The fraction of sp³-hybridized carbons (Fsp3) is 0.0909. The van der Waals surface area contributed by atoms with Gasteiger partial charge in [-0.2, -0.15) is 0 Å². The highest BCUT2D eigenvalue weighted by Crippen LogP contribution is 2.49. The molecule has 1 aliphatic rings. The fourth-order valence-corrected chi connectivity index (χ4v) is 5.26. The van der Waals surface area contributed by atoms with Gasteiger partial charge >= 0.3 is 0 Å². The molecule has 1 N–H and O–H groups in total. The average Bonchev–Trinajstić information content (AvgIpc) is 3.13. The van der Waals surface area contributed by atoms with Crippen molar-refractivity contribution in [2.75, 3.05) is 10.2 Å². The van der Waals surface area contributed by atoms with Crippen molar-refractivity contribution >= 4 is 28.4 Å². The molecule has 0 saturated heterocycles. The standard InChI is InChI=1S/C33H28N2/c1-33(2)31-16-10-9-15-29(31)30-23-25(19-22-32(30)33)34-24-17-20-28(21-18-24)35(26-11-5-3-6-12-26)27-13-7-4-8-14-27/h3-23,34H,1-2H3. The van der Waals surface area contributed by atoms with Crippen LogP contribution < -0.4 is 10.2 Å². The summed E-state index contributed by atoms with van der Waals surface area (Å²) in [7, 11) is 0.